The second-order valence-electron chi connectivity index (χ2n) is 1.66. The minimum atomic E-state index is 0.146. The molecule has 0 aromatic carbocycles. The molecule has 0 aliphatic rings. The quantitative estimate of drug-likeness (QED) is 0.271. The Kier molecular flexibility index (Phi) is 2.16. The fourth-order valence-corrected chi connectivity index (χ4v) is 0.933. The molecule has 0 fully saturated rings. The molecule has 0 aliphatic carbocycles. The maximum atomic E-state index is 8.15. The fraction of sp³-hybridized carbons (Fsp3) is 0.250. The summed E-state index contributed by atoms with van der Waals surface area (Å²) < 4.78 is 3.61. The molecule has 1 heterocycles. The van der Waals surface area contributed by atoms with Crippen LogP contribution in [0, 0.1) is 0 Å². The summed E-state index contributed by atoms with van der Waals surface area (Å²) in [5, 5.41) is 16.4. The molecule has 0 saturated heterocycles. The molecule has 10 heavy (non-hydrogen) atoms. The van der Waals surface area contributed by atoms with Crippen molar-refractivity contribution in [1.29, 1.82) is 0 Å². The number of amidine groups is 1. The van der Waals surface area contributed by atoms with Crippen molar-refractivity contribution in [1.82, 2.24) is 9.59 Å². The van der Waals surface area contributed by atoms with Crippen LogP contribution >= 0.6 is 11.5 Å². The van der Waals surface area contributed by atoms with Crippen molar-refractivity contribution in [3.05, 3.63) is 11.1 Å². The van der Waals surface area contributed by atoms with Gasteiger partial charge in [-0.1, -0.05) is 9.64 Å². The first-order valence-electron chi connectivity index (χ1n) is 2.55. The smallest absolute Gasteiger partial charge is 0.145 e. The minimum Gasteiger partial charge on any atom is -0.409 e. The van der Waals surface area contributed by atoms with Gasteiger partial charge < -0.3 is 10.9 Å². The van der Waals surface area contributed by atoms with Crippen molar-refractivity contribution in [2.24, 2.45) is 10.9 Å². The standard InChI is InChI=1S/C4H6N4OS/c5-4(7-9)1-3-2-10-8-6-3/h2,9H,1H2,(H2,5,7). The Bertz CT molecular complexity index is 219. The first-order valence-corrected chi connectivity index (χ1v) is 3.39. The Balaban J connectivity index is 2.56. The van der Waals surface area contributed by atoms with Crippen molar-refractivity contribution in [3.8, 4) is 0 Å². The van der Waals surface area contributed by atoms with Gasteiger partial charge >= 0.3 is 0 Å². The Morgan fingerprint density at radius 1 is 1.90 bits per heavy atom. The molecule has 1 aromatic heterocycles. The number of rotatable bonds is 2. The molecule has 0 aliphatic heterocycles. The van der Waals surface area contributed by atoms with Gasteiger partial charge in [0.05, 0.1) is 12.1 Å². The van der Waals surface area contributed by atoms with Gasteiger partial charge in [-0.3, -0.25) is 0 Å². The normalized spacial score (nSPS) is 11.8. The van der Waals surface area contributed by atoms with E-state index in [1.165, 1.54) is 11.5 Å². The van der Waals surface area contributed by atoms with E-state index < -0.39 is 0 Å². The van der Waals surface area contributed by atoms with Crippen LogP contribution in [0.1, 0.15) is 5.69 Å². The van der Waals surface area contributed by atoms with Crippen LogP contribution < -0.4 is 5.73 Å². The predicted molar refractivity (Wildman–Crippen MR) is 37.0 cm³/mol. The summed E-state index contributed by atoms with van der Waals surface area (Å²) in [4.78, 5) is 0. The summed E-state index contributed by atoms with van der Waals surface area (Å²) in [7, 11) is 0. The van der Waals surface area contributed by atoms with Crippen molar-refractivity contribution in [2.75, 3.05) is 0 Å². The zero-order valence-electron chi connectivity index (χ0n) is 5.06. The summed E-state index contributed by atoms with van der Waals surface area (Å²) in [5.74, 6) is 0.146. The third kappa shape index (κ3) is 1.66. The molecular formula is C4H6N4OS. The van der Waals surface area contributed by atoms with Crippen LogP contribution in [-0.4, -0.2) is 20.6 Å². The van der Waals surface area contributed by atoms with E-state index in [9.17, 15) is 0 Å². The van der Waals surface area contributed by atoms with Crippen molar-refractivity contribution >= 4 is 17.4 Å². The van der Waals surface area contributed by atoms with Gasteiger partial charge in [0.2, 0.25) is 0 Å². The number of nitrogens with zero attached hydrogens (tertiary/aromatic N) is 3. The summed E-state index contributed by atoms with van der Waals surface area (Å²) in [5.41, 5.74) is 5.92. The first-order chi connectivity index (χ1) is 4.83. The molecular weight excluding hydrogens is 152 g/mol. The maximum absolute atomic E-state index is 8.15. The Morgan fingerprint density at radius 2 is 2.70 bits per heavy atom. The molecule has 3 N–H and O–H groups in total. The van der Waals surface area contributed by atoms with Gasteiger partial charge in [-0.15, -0.1) is 5.10 Å². The molecule has 6 heteroatoms. The summed E-state index contributed by atoms with van der Waals surface area (Å²) >= 11 is 1.24. The van der Waals surface area contributed by atoms with Gasteiger partial charge in [0.15, 0.2) is 0 Å². The zero-order chi connectivity index (χ0) is 7.40. The van der Waals surface area contributed by atoms with Crippen LogP contribution in [0.25, 0.3) is 0 Å². The van der Waals surface area contributed by atoms with Gasteiger partial charge in [-0.2, -0.15) is 0 Å². The SMILES string of the molecule is N/C(Cc1csnn1)=N\O. The first kappa shape index (κ1) is 6.94. The molecule has 0 amide bonds. The lowest BCUT2D eigenvalue weighted by molar-refractivity contribution is 0.317. The fourth-order valence-electron chi connectivity index (χ4n) is 0.482. The van der Waals surface area contributed by atoms with E-state index in [0.717, 1.165) is 5.69 Å². The van der Waals surface area contributed by atoms with Crippen molar-refractivity contribution in [3.63, 3.8) is 0 Å². The van der Waals surface area contributed by atoms with Crippen LogP contribution in [0.15, 0.2) is 10.5 Å². The highest BCUT2D eigenvalue weighted by Crippen LogP contribution is 1.96. The molecule has 0 atom stereocenters. The summed E-state index contributed by atoms with van der Waals surface area (Å²) in [6.45, 7) is 0. The average Bonchev–Trinajstić information content (AvgIpc) is 2.40. The number of hydrogen-bond acceptors (Lipinski definition) is 5. The summed E-state index contributed by atoms with van der Waals surface area (Å²) in [6.07, 6.45) is 0.354. The molecule has 0 unspecified atom stereocenters. The third-order valence-electron chi connectivity index (χ3n) is 0.896. The second-order valence-corrected chi connectivity index (χ2v) is 2.27. The van der Waals surface area contributed by atoms with Gasteiger partial charge in [-0.05, 0) is 11.5 Å². The average molecular weight is 158 g/mol. The molecule has 0 bridgehead atoms. The van der Waals surface area contributed by atoms with Crippen LogP contribution in [-0.2, 0) is 6.42 Å². The highest BCUT2D eigenvalue weighted by Gasteiger charge is 1.98. The van der Waals surface area contributed by atoms with Gasteiger partial charge in [0.25, 0.3) is 0 Å². The van der Waals surface area contributed by atoms with Crippen molar-refractivity contribution in [2.45, 2.75) is 6.42 Å². The molecule has 54 valence electrons. The monoisotopic (exact) mass is 158 g/mol. The number of nitrogens with two attached hydrogens (primary N) is 1. The van der Waals surface area contributed by atoms with Crippen LogP contribution in [0.2, 0.25) is 0 Å². The Hall–Kier alpha value is -1.17. The lowest BCUT2D eigenvalue weighted by Gasteiger charge is -1.89. The highest BCUT2D eigenvalue weighted by molar-refractivity contribution is 7.03. The zero-order valence-corrected chi connectivity index (χ0v) is 5.88. The maximum Gasteiger partial charge on any atom is 0.145 e. The molecule has 0 spiro atoms. The molecule has 0 saturated carbocycles. The molecule has 5 nitrogen and oxygen atoms in total. The molecule has 1 aromatic rings. The number of aromatic nitrogens is 2. The van der Waals surface area contributed by atoms with E-state index in [4.69, 9.17) is 10.9 Å². The number of oxime groups is 1. The highest BCUT2D eigenvalue weighted by atomic mass is 32.1. The number of hydrogen-bond donors (Lipinski definition) is 2. The minimum absolute atomic E-state index is 0.146. The van der Waals surface area contributed by atoms with Crippen LogP contribution in [0.5, 0.6) is 0 Å². The predicted octanol–water partition coefficient (Wildman–Crippen LogP) is -0.173. The van der Waals surface area contributed by atoms with E-state index >= 15 is 0 Å². The van der Waals surface area contributed by atoms with E-state index in [1.807, 2.05) is 0 Å². The van der Waals surface area contributed by atoms with Crippen molar-refractivity contribution < 1.29 is 5.21 Å². The van der Waals surface area contributed by atoms with Gasteiger partial charge in [0.1, 0.15) is 5.84 Å². The van der Waals surface area contributed by atoms with Crippen LogP contribution in [0.3, 0.4) is 0 Å². The second kappa shape index (κ2) is 3.11. The van der Waals surface area contributed by atoms with Gasteiger partial charge in [0, 0.05) is 5.38 Å². The Labute approximate surface area is 61.3 Å². The largest absolute Gasteiger partial charge is 0.409 e. The van der Waals surface area contributed by atoms with E-state index in [0.29, 0.717) is 6.42 Å². The van der Waals surface area contributed by atoms with E-state index in [-0.39, 0.29) is 5.84 Å². The molecule has 1 rings (SSSR count). The third-order valence-corrected chi connectivity index (χ3v) is 1.45. The summed E-state index contributed by atoms with van der Waals surface area (Å²) in [6, 6.07) is 0. The molecule has 0 radical (unpaired) electrons. The van der Waals surface area contributed by atoms with Gasteiger partial charge in [-0.25, -0.2) is 0 Å². The lowest BCUT2D eigenvalue weighted by atomic mass is 10.3. The van der Waals surface area contributed by atoms with E-state index in [1.54, 1.807) is 5.38 Å². The Morgan fingerprint density at radius 3 is 3.20 bits per heavy atom. The lowest BCUT2D eigenvalue weighted by Crippen LogP contribution is -2.14. The van der Waals surface area contributed by atoms with E-state index in [2.05, 4.69) is 14.7 Å². The topological polar surface area (TPSA) is 84.4 Å². The van der Waals surface area contributed by atoms with Crippen LogP contribution in [0.4, 0.5) is 0 Å².